The lowest BCUT2D eigenvalue weighted by molar-refractivity contribution is 0.0947. The van der Waals surface area contributed by atoms with Crippen molar-refractivity contribution >= 4 is 23.5 Å². The van der Waals surface area contributed by atoms with E-state index in [0.29, 0.717) is 28.9 Å². The van der Waals surface area contributed by atoms with E-state index >= 15 is 0 Å². The zero-order chi connectivity index (χ0) is 21.1. The largest absolute Gasteiger partial charge is 0.350 e. The van der Waals surface area contributed by atoms with Crippen molar-refractivity contribution in [3.63, 3.8) is 0 Å². The number of nitrogens with zero attached hydrogens (tertiary/aromatic N) is 3. The smallest absolute Gasteiger partial charge is 0.281 e. The van der Waals surface area contributed by atoms with E-state index in [-0.39, 0.29) is 5.91 Å². The number of aromatic nitrogens is 3. The maximum atomic E-state index is 13.2. The summed E-state index contributed by atoms with van der Waals surface area (Å²) in [7, 11) is 0. The zero-order valence-corrected chi connectivity index (χ0v) is 17.5. The van der Waals surface area contributed by atoms with Gasteiger partial charge in [0, 0.05) is 22.7 Å². The topological polar surface area (TPSA) is 59.8 Å². The molecular weight excluding hydrogens is 396 g/mol. The van der Waals surface area contributed by atoms with Gasteiger partial charge in [-0.25, -0.2) is 0 Å². The van der Waals surface area contributed by atoms with Gasteiger partial charge in [0.05, 0.1) is 0 Å². The highest BCUT2D eigenvalue weighted by atomic mass is 35.5. The number of carbonyl (C=O) groups is 1. The zero-order valence-electron chi connectivity index (χ0n) is 16.8. The molecule has 1 N–H and O–H groups in total. The van der Waals surface area contributed by atoms with Crippen molar-refractivity contribution < 1.29 is 4.79 Å². The van der Waals surface area contributed by atoms with Crippen molar-refractivity contribution in [3.05, 3.63) is 100 Å². The Balaban J connectivity index is 1.69. The molecule has 3 aromatic carbocycles. The van der Waals surface area contributed by atoms with E-state index in [4.69, 9.17) is 11.6 Å². The van der Waals surface area contributed by atoms with Crippen molar-refractivity contribution in [2.45, 2.75) is 20.4 Å². The first-order valence-electron chi connectivity index (χ1n) is 9.63. The maximum absolute atomic E-state index is 13.2. The molecule has 0 aliphatic carbocycles. The third kappa shape index (κ3) is 4.42. The van der Waals surface area contributed by atoms with Gasteiger partial charge in [0.25, 0.3) is 5.91 Å². The average Bonchev–Trinajstić information content (AvgIpc) is 3.17. The number of halogens is 1. The van der Waals surface area contributed by atoms with Gasteiger partial charge in [0.1, 0.15) is 0 Å². The summed E-state index contributed by atoms with van der Waals surface area (Å²) in [6.07, 6.45) is 0. The molecule has 0 aliphatic rings. The number of benzene rings is 3. The summed E-state index contributed by atoms with van der Waals surface area (Å²) in [5.41, 5.74) is 4.59. The minimum atomic E-state index is -0.233. The fourth-order valence-electron chi connectivity index (χ4n) is 3.08. The Kier molecular flexibility index (Phi) is 5.63. The molecule has 0 saturated carbocycles. The van der Waals surface area contributed by atoms with Crippen molar-refractivity contribution in [1.82, 2.24) is 14.8 Å². The molecule has 0 amide bonds. The highest BCUT2D eigenvalue weighted by Crippen LogP contribution is 2.21. The minimum Gasteiger partial charge on any atom is -0.350 e. The van der Waals surface area contributed by atoms with Gasteiger partial charge in [0.2, 0.25) is 5.95 Å². The van der Waals surface area contributed by atoms with Gasteiger partial charge in [-0.2, -0.15) is 9.67 Å². The SMILES string of the molecule is Cc1ccc(-c2nc(NCc3ccc(Cl)cc3)n(C(=O)c3cccc(C)c3)n2)cc1. The number of hydrogen-bond donors (Lipinski definition) is 1. The molecular formula is C24H21ClN4O. The van der Waals surface area contributed by atoms with Crippen LogP contribution in [0.15, 0.2) is 72.8 Å². The Labute approximate surface area is 180 Å². The van der Waals surface area contributed by atoms with Gasteiger partial charge in [-0.05, 0) is 43.7 Å². The van der Waals surface area contributed by atoms with Crippen molar-refractivity contribution in [2.24, 2.45) is 0 Å². The van der Waals surface area contributed by atoms with E-state index in [0.717, 1.165) is 22.3 Å². The van der Waals surface area contributed by atoms with Crippen molar-refractivity contribution in [3.8, 4) is 11.4 Å². The Hall–Kier alpha value is -3.44. The highest BCUT2D eigenvalue weighted by Gasteiger charge is 2.19. The Bertz CT molecular complexity index is 1180. The van der Waals surface area contributed by atoms with Crippen LogP contribution in [-0.2, 0) is 6.54 Å². The van der Waals surface area contributed by atoms with Gasteiger partial charge in [-0.1, -0.05) is 71.3 Å². The molecule has 4 aromatic rings. The number of hydrogen-bond acceptors (Lipinski definition) is 4. The maximum Gasteiger partial charge on any atom is 0.281 e. The molecule has 0 unspecified atom stereocenters. The van der Waals surface area contributed by atoms with Crippen LogP contribution in [0.5, 0.6) is 0 Å². The quantitative estimate of drug-likeness (QED) is 0.465. The molecule has 30 heavy (non-hydrogen) atoms. The molecule has 0 atom stereocenters. The van der Waals surface area contributed by atoms with E-state index in [2.05, 4.69) is 15.4 Å². The Morgan fingerprint density at radius 3 is 2.40 bits per heavy atom. The lowest BCUT2D eigenvalue weighted by atomic mass is 10.1. The Morgan fingerprint density at radius 2 is 1.70 bits per heavy atom. The van der Waals surface area contributed by atoms with Crippen LogP contribution in [-0.4, -0.2) is 20.7 Å². The monoisotopic (exact) mass is 416 g/mol. The lowest BCUT2D eigenvalue weighted by Gasteiger charge is -2.08. The molecule has 0 spiro atoms. The second kappa shape index (κ2) is 8.51. The second-order valence-corrected chi connectivity index (χ2v) is 7.63. The molecule has 150 valence electrons. The van der Waals surface area contributed by atoms with Gasteiger partial charge >= 0.3 is 0 Å². The number of rotatable bonds is 5. The van der Waals surface area contributed by atoms with Gasteiger partial charge in [0.15, 0.2) is 5.82 Å². The summed E-state index contributed by atoms with van der Waals surface area (Å²) in [5, 5.41) is 8.44. The fraction of sp³-hybridized carbons (Fsp3) is 0.125. The molecule has 5 nitrogen and oxygen atoms in total. The molecule has 0 bridgehead atoms. The molecule has 6 heteroatoms. The lowest BCUT2D eigenvalue weighted by Crippen LogP contribution is -2.17. The second-order valence-electron chi connectivity index (χ2n) is 7.19. The van der Waals surface area contributed by atoms with E-state index in [1.54, 1.807) is 6.07 Å². The molecule has 1 heterocycles. The predicted molar refractivity (Wildman–Crippen MR) is 120 cm³/mol. The van der Waals surface area contributed by atoms with E-state index in [1.165, 1.54) is 4.68 Å². The van der Waals surface area contributed by atoms with Gasteiger partial charge < -0.3 is 5.32 Å². The average molecular weight is 417 g/mol. The molecule has 0 fully saturated rings. The third-order valence-electron chi connectivity index (χ3n) is 4.74. The van der Waals surface area contributed by atoms with Gasteiger partial charge in [-0.3, -0.25) is 4.79 Å². The highest BCUT2D eigenvalue weighted by molar-refractivity contribution is 6.30. The first kappa shape index (κ1) is 19.9. The van der Waals surface area contributed by atoms with Crippen LogP contribution >= 0.6 is 11.6 Å². The molecule has 4 rings (SSSR count). The van der Waals surface area contributed by atoms with E-state index in [1.807, 2.05) is 80.6 Å². The predicted octanol–water partition coefficient (Wildman–Crippen LogP) is 5.52. The molecule has 0 aliphatic heterocycles. The normalized spacial score (nSPS) is 10.8. The Morgan fingerprint density at radius 1 is 0.967 bits per heavy atom. The number of nitrogens with one attached hydrogen (secondary N) is 1. The summed E-state index contributed by atoms with van der Waals surface area (Å²) < 4.78 is 1.33. The van der Waals surface area contributed by atoms with Gasteiger partial charge in [-0.15, -0.1) is 5.10 Å². The van der Waals surface area contributed by atoms with Crippen LogP contribution in [0.3, 0.4) is 0 Å². The summed E-state index contributed by atoms with van der Waals surface area (Å²) in [4.78, 5) is 17.8. The van der Waals surface area contributed by atoms with Crippen molar-refractivity contribution in [1.29, 1.82) is 0 Å². The summed E-state index contributed by atoms with van der Waals surface area (Å²) in [6.45, 7) is 4.47. The molecule has 1 aromatic heterocycles. The van der Waals surface area contributed by atoms with Crippen LogP contribution in [0.1, 0.15) is 27.0 Å². The summed E-state index contributed by atoms with van der Waals surface area (Å²) >= 11 is 5.97. The van der Waals surface area contributed by atoms with E-state index in [9.17, 15) is 4.79 Å². The van der Waals surface area contributed by atoms with Crippen LogP contribution in [0.4, 0.5) is 5.95 Å². The first-order chi connectivity index (χ1) is 14.5. The standard InChI is InChI=1S/C24H21ClN4O/c1-16-6-10-19(11-7-16)22-27-24(26-15-18-8-12-21(25)13-9-18)29(28-22)23(30)20-5-3-4-17(2)14-20/h3-14H,15H2,1-2H3,(H,26,27,28). The fourth-order valence-corrected chi connectivity index (χ4v) is 3.20. The van der Waals surface area contributed by atoms with Crippen LogP contribution in [0.25, 0.3) is 11.4 Å². The van der Waals surface area contributed by atoms with Crippen LogP contribution in [0, 0.1) is 13.8 Å². The number of carbonyl (C=O) groups excluding carboxylic acids is 1. The molecule has 0 saturated heterocycles. The molecule has 0 radical (unpaired) electrons. The van der Waals surface area contributed by atoms with Crippen LogP contribution in [0.2, 0.25) is 5.02 Å². The van der Waals surface area contributed by atoms with Crippen molar-refractivity contribution in [2.75, 3.05) is 5.32 Å². The number of aryl methyl sites for hydroxylation is 2. The minimum absolute atomic E-state index is 0.233. The number of anilines is 1. The third-order valence-corrected chi connectivity index (χ3v) is 4.99. The first-order valence-corrected chi connectivity index (χ1v) is 10.0. The van der Waals surface area contributed by atoms with E-state index < -0.39 is 0 Å². The summed E-state index contributed by atoms with van der Waals surface area (Å²) in [6, 6.07) is 22.9. The summed E-state index contributed by atoms with van der Waals surface area (Å²) in [5.74, 6) is 0.657. The van der Waals surface area contributed by atoms with Crippen LogP contribution < -0.4 is 5.32 Å².